The van der Waals surface area contributed by atoms with E-state index in [1.54, 1.807) is 0 Å². The van der Waals surface area contributed by atoms with Gasteiger partial charge < -0.3 is 9.73 Å². The average Bonchev–Trinajstić information content (AvgIpc) is 3.06. The highest BCUT2D eigenvalue weighted by molar-refractivity contribution is 5.90. The molecule has 1 amide bonds. The number of carbonyl (C=O) groups excluding carboxylic acids is 1. The second-order valence-electron chi connectivity index (χ2n) is 5.71. The van der Waals surface area contributed by atoms with E-state index < -0.39 is 0 Å². The smallest absolute Gasteiger partial charge is 0.247 e. The molecule has 5 nitrogen and oxygen atoms in total. The molecule has 1 N–H and O–H groups in total. The van der Waals surface area contributed by atoms with E-state index in [4.69, 9.17) is 4.42 Å². The Hall–Kier alpha value is -2.95. The zero-order valence-electron chi connectivity index (χ0n) is 13.7. The van der Waals surface area contributed by atoms with Gasteiger partial charge in [-0.2, -0.15) is 0 Å². The zero-order valence-corrected chi connectivity index (χ0v) is 13.7. The number of nitrogens with one attached hydrogen (secondary N) is 1. The Morgan fingerprint density at radius 3 is 2.58 bits per heavy atom. The van der Waals surface area contributed by atoms with Crippen LogP contribution in [-0.4, -0.2) is 16.1 Å². The summed E-state index contributed by atoms with van der Waals surface area (Å²) in [6, 6.07) is 15.4. The lowest BCUT2D eigenvalue weighted by molar-refractivity contribution is -0.116. The minimum absolute atomic E-state index is 0.0716. The van der Waals surface area contributed by atoms with E-state index in [0.29, 0.717) is 24.6 Å². The highest BCUT2D eigenvalue weighted by atomic mass is 16.4. The van der Waals surface area contributed by atoms with E-state index >= 15 is 0 Å². The molecule has 0 aliphatic heterocycles. The second kappa shape index (κ2) is 7.08. The maximum Gasteiger partial charge on any atom is 0.247 e. The normalized spacial score (nSPS) is 10.6. The van der Waals surface area contributed by atoms with Gasteiger partial charge in [0.2, 0.25) is 17.7 Å². The van der Waals surface area contributed by atoms with Gasteiger partial charge in [0.25, 0.3) is 0 Å². The number of aromatic nitrogens is 2. The fourth-order valence-corrected chi connectivity index (χ4v) is 2.32. The number of rotatable bonds is 5. The molecule has 3 rings (SSSR count). The maximum atomic E-state index is 12.1. The number of nitrogens with zero attached hydrogens (tertiary/aromatic N) is 2. The molecule has 0 saturated heterocycles. The summed E-state index contributed by atoms with van der Waals surface area (Å²) >= 11 is 0. The fraction of sp³-hybridized carbons (Fsp3) is 0.211. The molecular weight excluding hydrogens is 302 g/mol. The number of hydrogen-bond acceptors (Lipinski definition) is 4. The number of benzene rings is 2. The Balaban J connectivity index is 1.56. The van der Waals surface area contributed by atoms with Crippen molar-refractivity contribution in [2.45, 2.75) is 26.7 Å². The third-order valence-electron chi connectivity index (χ3n) is 3.84. The standard InChI is InChI=1S/C19H19N3O2/c1-13-8-9-16(12-14(13)2)20-17(23)10-11-18-21-22-19(24-18)15-6-4-3-5-7-15/h3-9,12H,10-11H2,1-2H3,(H,20,23). The molecule has 5 heteroatoms. The van der Waals surface area contributed by atoms with Crippen molar-refractivity contribution in [3.05, 3.63) is 65.5 Å². The molecule has 0 radical (unpaired) electrons. The highest BCUT2D eigenvalue weighted by Crippen LogP contribution is 2.18. The minimum atomic E-state index is -0.0716. The van der Waals surface area contributed by atoms with Crippen LogP contribution in [0.1, 0.15) is 23.4 Å². The van der Waals surface area contributed by atoms with Crippen LogP contribution >= 0.6 is 0 Å². The summed E-state index contributed by atoms with van der Waals surface area (Å²) in [4.78, 5) is 12.1. The van der Waals surface area contributed by atoms with Crippen LogP contribution in [0, 0.1) is 13.8 Å². The predicted molar refractivity (Wildman–Crippen MR) is 92.6 cm³/mol. The number of amides is 1. The molecule has 2 aromatic carbocycles. The van der Waals surface area contributed by atoms with Gasteiger partial charge in [-0.15, -0.1) is 10.2 Å². The first kappa shape index (κ1) is 15.9. The topological polar surface area (TPSA) is 68.0 Å². The first-order valence-electron chi connectivity index (χ1n) is 7.87. The summed E-state index contributed by atoms with van der Waals surface area (Å²) in [5.74, 6) is 0.863. The van der Waals surface area contributed by atoms with Gasteiger partial charge in [-0.3, -0.25) is 4.79 Å². The van der Waals surface area contributed by atoms with Crippen molar-refractivity contribution < 1.29 is 9.21 Å². The zero-order chi connectivity index (χ0) is 16.9. The SMILES string of the molecule is Cc1ccc(NC(=O)CCc2nnc(-c3ccccc3)o2)cc1C. The Morgan fingerprint density at radius 2 is 1.83 bits per heavy atom. The van der Waals surface area contributed by atoms with Crippen molar-refractivity contribution in [2.75, 3.05) is 5.32 Å². The molecule has 0 spiro atoms. The van der Waals surface area contributed by atoms with Crippen LogP contribution in [0.15, 0.2) is 52.9 Å². The fourth-order valence-electron chi connectivity index (χ4n) is 2.32. The number of anilines is 1. The Labute approximate surface area is 140 Å². The molecule has 0 bridgehead atoms. The summed E-state index contributed by atoms with van der Waals surface area (Å²) in [6.07, 6.45) is 0.708. The summed E-state index contributed by atoms with van der Waals surface area (Å²) in [5, 5.41) is 10.9. The minimum Gasteiger partial charge on any atom is -0.421 e. The molecule has 0 atom stereocenters. The first-order chi connectivity index (χ1) is 11.6. The quantitative estimate of drug-likeness (QED) is 0.773. The van der Waals surface area contributed by atoms with Crippen molar-refractivity contribution >= 4 is 11.6 Å². The predicted octanol–water partition coefficient (Wildman–Crippen LogP) is 3.92. The van der Waals surface area contributed by atoms with Gasteiger partial charge in [0.05, 0.1) is 0 Å². The lowest BCUT2D eigenvalue weighted by atomic mass is 10.1. The summed E-state index contributed by atoms with van der Waals surface area (Å²) in [6.45, 7) is 4.06. The van der Waals surface area contributed by atoms with Gasteiger partial charge in [-0.1, -0.05) is 24.3 Å². The molecule has 0 aliphatic rings. The average molecular weight is 321 g/mol. The maximum absolute atomic E-state index is 12.1. The van der Waals surface area contributed by atoms with Crippen molar-refractivity contribution in [1.29, 1.82) is 0 Å². The summed E-state index contributed by atoms with van der Waals surface area (Å²) < 4.78 is 5.60. The van der Waals surface area contributed by atoms with Crippen LogP contribution in [-0.2, 0) is 11.2 Å². The first-order valence-corrected chi connectivity index (χ1v) is 7.87. The van der Waals surface area contributed by atoms with Gasteiger partial charge in [0, 0.05) is 24.1 Å². The Morgan fingerprint density at radius 1 is 1.04 bits per heavy atom. The lowest BCUT2D eigenvalue weighted by Crippen LogP contribution is -2.12. The van der Waals surface area contributed by atoms with E-state index in [1.165, 1.54) is 5.56 Å². The van der Waals surface area contributed by atoms with Gasteiger partial charge >= 0.3 is 0 Å². The Kier molecular flexibility index (Phi) is 4.70. The lowest BCUT2D eigenvalue weighted by Gasteiger charge is -2.07. The van der Waals surface area contributed by atoms with Crippen molar-refractivity contribution in [1.82, 2.24) is 10.2 Å². The summed E-state index contributed by atoms with van der Waals surface area (Å²) in [5.41, 5.74) is 4.03. The molecule has 0 fully saturated rings. The third-order valence-corrected chi connectivity index (χ3v) is 3.84. The summed E-state index contributed by atoms with van der Waals surface area (Å²) in [7, 11) is 0. The molecule has 0 saturated carbocycles. The van der Waals surface area contributed by atoms with E-state index in [9.17, 15) is 4.79 Å². The number of aryl methyl sites for hydroxylation is 3. The molecule has 3 aromatic rings. The number of hydrogen-bond donors (Lipinski definition) is 1. The second-order valence-corrected chi connectivity index (χ2v) is 5.71. The van der Waals surface area contributed by atoms with Gasteiger partial charge in [-0.25, -0.2) is 0 Å². The van der Waals surface area contributed by atoms with Gasteiger partial charge in [0.1, 0.15) is 0 Å². The van der Waals surface area contributed by atoms with Crippen LogP contribution in [0.25, 0.3) is 11.5 Å². The van der Waals surface area contributed by atoms with Crippen LogP contribution < -0.4 is 5.32 Å². The Bertz CT molecular complexity index is 841. The molecule has 122 valence electrons. The van der Waals surface area contributed by atoms with Crippen molar-refractivity contribution in [2.24, 2.45) is 0 Å². The largest absolute Gasteiger partial charge is 0.421 e. The molecule has 0 unspecified atom stereocenters. The molecule has 1 heterocycles. The highest BCUT2D eigenvalue weighted by Gasteiger charge is 2.10. The number of carbonyl (C=O) groups is 1. The van der Waals surface area contributed by atoms with E-state index in [2.05, 4.69) is 15.5 Å². The molecule has 1 aromatic heterocycles. The van der Waals surface area contributed by atoms with Crippen LogP contribution in [0.3, 0.4) is 0 Å². The van der Waals surface area contributed by atoms with E-state index in [0.717, 1.165) is 16.8 Å². The van der Waals surface area contributed by atoms with Crippen LogP contribution in [0.2, 0.25) is 0 Å². The van der Waals surface area contributed by atoms with E-state index in [-0.39, 0.29) is 5.91 Å². The monoisotopic (exact) mass is 321 g/mol. The van der Waals surface area contributed by atoms with Crippen LogP contribution in [0.4, 0.5) is 5.69 Å². The molecule has 24 heavy (non-hydrogen) atoms. The van der Waals surface area contributed by atoms with Crippen molar-refractivity contribution in [3.8, 4) is 11.5 Å². The van der Waals surface area contributed by atoms with Crippen LogP contribution in [0.5, 0.6) is 0 Å². The van der Waals surface area contributed by atoms with Gasteiger partial charge in [-0.05, 0) is 49.2 Å². The molecular formula is C19H19N3O2. The van der Waals surface area contributed by atoms with Crippen molar-refractivity contribution in [3.63, 3.8) is 0 Å². The van der Waals surface area contributed by atoms with Gasteiger partial charge in [0.15, 0.2) is 0 Å². The van der Waals surface area contributed by atoms with E-state index in [1.807, 2.05) is 62.4 Å². The third kappa shape index (κ3) is 3.87. The molecule has 0 aliphatic carbocycles.